The Bertz CT molecular complexity index is 482. The normalized spacial score (nSPS) is 10.5. The summed E-state index contributed by atoms with van der Waals surface area (Å²) in [7, 11) is 0. The summed E-state index contributed by atoms with van der Waals surface area (Å²) in [5.41, 5.74) is 0.499. The number of thiophene rings is 1. The van der Waals surface area contributed by atoms with E-state index in [-0.39, 0.29) is 9.90 Å². The van der Waals surface area contributed by atoms with Crippen LogP contribution in [0.15, 0.2) is 12.5 Å². The maximum atomic E-state index is 10.7. The molecule has 13 heavy (non-hydrogen) atoms. The van der Waals surface area contributed by atoms with Gasteiger partial charge in [-0.2, -0.15) is 0 Å². The number of nitrogens with zero attached hydrogens (tertiary/aromatic N) is 2. The van der Waals surface area contributed by atoms with Crippen LogP contribution in [0.1, 0.15) is 9.67 Å². The van der Waals surface area contributed by atoms with Gasteiger partial charge in [-0.3, -0.25) is 0 Å². The largest absolute Gasteiger partial charge is 0.477 e. The van der Waals surface area contributed by atoms with Crippen molar-refractivity contribution in [3.05, 3.63) is 22.4 Å². The lowest BCUT2D eigenvalue weighted by Crippen LogP contribution is -1.91. The summed E-state index contributed by atoms with van der Waals surface area (Å²) < 4.78 is 0.685. The molecular weight excluding hydrogens is 212 g/mol. The zero-order valence-corrected chi connectivity index (χ0v) is 7.76. The number of hydrogen-bond acceptors (Lipinski definition) is 4. The zero-order valence-electron chi connectivity index (χ0n) is 6.19. The van der Waals surface area contributed by atoms with Gasteiger partial charge < -0.3 is 5.11 Å². The van der Waals surface area contributed by atoms with Gasteiger partial charge in [-0.05, 0) is 0 Å². The molecular formula is C7H3ClN2O2S. The van der Waals surface area contributed by atoms with Gasteiger partial charge >= 0.3 is 5.97 Å². The molecule has 2 aromatic heterocycles. The quantitative estimate of drug-likeness (QED) is 0.789. The summed E-state index contributed by atoms with van der Waals surface area (Å²) in [6.07, 6.45) is 2.89. The second-order valence-electron chi connectivity index (χ2n) is 2.29. The number of rotatable bonds is 1. The predicted octanol–water partition coefficient (Wildman–Crippen LogP) is 2.04. The van der Waals surface area contributed by atoms with Crippen molar-refractivity contribution in [3.8, 4) is 0 Å². The van der Waals surface area contributed by atoms with Gasteiger partial charge in [0, 0.05) is 6.20 Å². The van der Waals surface area contributed by atoms with Crippen molar-refractivity contribution < 1.29 is 9.90 Å². The van der Waals surface area contributed by atoms with E-state index in [4.69, 9.17) is 16.7 Å². The van der Waals surface area contributed by atoms with Crippen LogP contribution in [0.4, 0.5) is 0 Å². The first-order chi connectivity index (χ1) is 6.20. The van der Waals surface area contributed by atoms with Crippen molar-refractivity contribution in [2.75, 3.05) is 0 Å². The van der Waals surface area contributed by atoms with Gasteiger partial charge in [0.05, 0.1) is 9.72 Å². The molecule has 0 bridgehead atoms. The molecule has 2 heterocycles. The van der Waals surface area contributed by atoms with E-state index < -0.39 is 5.97 Å². The van der Waals surface area contributed by atoms with Gasteiger partial charge in [0.2, 0.25) is 0 Å². The van der Waals surface area contributed by atoms with Crippen molar-refractivity contribution >= 4 is 39.1 Å². The van der Waals surface area contributed by atoms with Crippen LogP contribution in [0.5, 0.6) is 0 Å². The molecule has 0 aromatic carbocycles. The van der Waals surface area contributed by atoms with Crippen molar-refractivity contribution in [3.63, 3.8) is 0 Å². The van der Waals surface area contributed by atoms with Crippen LogP contribution in [-0.2, 0) is 0 Å². The summed E-state index contributed by atoms with van der Waals surface area (Å²) in [6, 6.07) is 0. The third kappa shape index (κ3) is 1.26. The standard InChI is InChI=1S/C7H3ClN2O2S/c8-4-5-3(1-9-2-10-5)13-6(4)7(11)12/h1-2H,(H,11,12). The SMILES string of the molecule is O=C(O)c1sc2cncnc2c1Cl. The Morgan fingerprint density at radius 2 is 2.38 bits per heavy atom. The van der Waals surface area contributed by atoms with E-state index >= 15 is 0 Å². The summed E-state index contributed by atoms with van der Waals surface area (Å²) in [5, 5.41) is 8.93. The first kappa shape index (κ1) is 8.40. The molecule has 0 unspecified atom stereocenters. The number of carbonyl (C=O) groups is 1. The number of carboxylic acid groups (broad SMARTS) is 1. The van der Waals surface area contributed by atoms with Crippen LogP contribution >= 0.6 is 22.9 Å². The van der Waals surface area contributed by atoms with Crippen LogP contribution in [-0.4, -0.2) is 21.0 Å². The molecule has 0 atom stereocenters. The van der Waals surface area contributed by atoms with E-state index in [1.54, 1.807) is 6.20 Å². The minimum atomic E-state index is -1.03. The van der Waals surface area contributed by atoms with E-state index in [2.05, 4.69) is 9.97 Å². The maximum Gasteiger partial charge on any atom is 0.347 e. The molecule has 0 radical (unpaired) electrons. The highest BCUT2D eigenvalue weighted by Crippen LogP contribution is 2.32. The molecule has 2 aromatic rings. The molecule has 0 aliphatic heterocycles. The molecule has 0 aliphatic carbocycles. The van der Waals surface area contributed by atoms with Gasteiger partial charge in [-0.1, -0.05) is 11.6 Å². The number of hydrogen-bond donors (Lipinski definition) is 1. The number of aromatic carboxylic acids is 1. The lowest BCUT2D eigenvalue weighted by atomic mass is 10.4. The third-order valence-corrected chi connectivity index (χ3v) is 3.07. The minimum Gasteiger partial charge on any atom is -0.477 e. The Hall–Kier alpha value is -1.20. The Morgan fingerprint density at radius 1 is 1.62 bits per heavy atom. The van der Waals surface area contributed by atoms with Gasteiger partial charge in [-0.25, -0.2) is 14.8 Å². The van der Waals surface area contributed by atoms with Crippen LogP contribution in [0.2, 0.25) is 5.02 Å². The summed E-state index contributed by atoms with van der Waals surface area (Å²) in [4.78, 5) is 18.4. The average Bonchev–Trinajstić information content (AvgIpc) is 2.45. The fraction of sp³-hybridized carbons (Fsp3) is 0. The molecule has 66 valence electrons. The summed E-state index contributed by atoms with van der Waals surface area (Å²) >= 11 is 6.87. The lowest BCUT2D eigenvalue weighted by Gasteiger charge is -1.86. The third-order valence-electron chi connectivity index (χ3n) is 1.49. The van der Waals surface area contributed by atoms with Crippen LogP contribution in [0.25, 0.3) is 10.2 Å². The molecule has 0 spiro atoms. The first-order valence-corrected chi connectivity index (χ1v) is 4.51. The average molecular weight is 215 g/mol. The summed E-state index contributed by atoms with van der Waals surface area (Å²) in [5.74, 6) is -1.03. The van der Waals surface area contributed by atoms with Crippen molar-refractivity contribution in [2.45, 2.75) is 0 Å². The van der Waals surface area contributed by atoms with Gasteiger partial charge in [0.1, 0.15) is 16.7 Å². The second kappa shape index (κ2) is 2.93. The molecule has 4 nitrogen and oxygen atoms in total. The first-order valence-electron chi connectivity index (χ1n) is 3.31. The minimum absolute atomic E-state index is 0.108. The Balaban J connectivity index is 2.81. The van der Waals surface area contributed by atoms with E-state index in [1.165, 1.54) is 6.33 Å². The van der Waals surface area contributed by atoms with Crippen molar-refractivity contribution in [2.24, 2.45) is 0 Å². The lowest BCUT2D eigenvalue weighted by molar-refractivity contribution is 0.0702. The van der Waals surface area contributed by atoms with E-state index in [0.29, 0.717) is 10.2 Å². The van der Waals surface area contributed by atoms with Crippen LogP contribution in [0, 0.1) is 0 Å². The highest BCUT2D eigenvalue weighted by atomic mass is 35.5. The van der Waals surface area contributed by atoms with Gasteiger partial charge in [0.15, 0.2) is 0 Å². The van der Waals surface area contributed by atoms with E-state index in [0.717, 1.165) is 11.3 Å². The topological polar surface area (TPSA) is 63.1 Å². The molecule has 0 aliphatic rings. The van der Waals surface area contributed by atoms with E-state index in [9.17, 15) is 4.79 Å². The monoisotopic (exact) mass is 214 g/mol. The maximum absolute atomic E-state index is 10.7. The number of halogens is 1. The summed E-state index contributed by atoms with van der Waals surface area (Å²) in [6.45, 7) is 0. The van der Waals surface area contributed by atoms with Crippen molar-refractivity contribution in [1.82, 2.24) is 9.97 Å². The highest BCUT2D eigenvalue weighted by molar-refractivity contribution is 7.21. The number of fused-ring (bicyclic) bond motifs is 1. The molecule has 6 heteroatoms. The Labute approximate surface area is 81.8 Å². The molecule has 1 N–H and O–H groups in total. The fourth-order valence-electron chi connectivity index (χ4n) is 0.956. The molecule has 0 saturated carbocycles. The van der Waals surface area contributed by atoms with E-state index in [1.807, 2.05) is 0 Å². The zero-order chi connectivity index (χ0) is 9.42. The highest BCUT2D eigenvalue weighted by Gasteiger charge is 2.16. The second-order valence-corrected chi connectivity index (χ2v) is 3.72. The molecule has 0 amide bonds. The Morgan fingerprint density at radius 3 is 3.00 bits per heavy atom. The van der Waals surface area contributed by atoms with Gasteiger partial charge in [-0.15, -0.1) is 11.3 Å². The molecule has 0 fully saturated rings. The smallest absolute Gasteiger partial charge is 0.347 e. The predicted molar refractivity (Wildman–Crippen MR) is 49.4 cm³/mol. The number of carboxylic acids is 1. The Kier molecular flexibility index (Phi) is 1.90. The van der Waals surface area contributed by atoms with Crippen LogP contribution < -0.4 is 0 Å². The molecule has 0 saturated heterocycles. The fourth-order valence-corrected chi connectivity index (χ4v) is 2.22. The molecule has 2 rings (SSSR count). The number of aromatic nitrogens is 2. The van der Waals surface area contributed by atoms with Crippen molar-refractivity contribution in [1.29, 1.82) is 0 Å². The van der Waals surface area contributed by atoms with Crippen LogP contribution in [0.3, 0.4) is 0 Å². The van der Waals surface area contributed by atoms with Gasteiger partial charge in [0.25, 0.3) is 0 Å².